The maximum atomic E-state index is 14.0. The average molecular weight is 548 g/mol. The van der Waals surface area contributed by atoms with Crippen LogP contribution in [-0.2, 0) is 4.79 Å². The molecule has 6 nitrogen and oxygen atoms in total. The van der Waals surface area contributed by atoms with Crippen LogP contribution in [0.4, 0.5) is 5.69 Å². The predicted octanol–water partition coefficient (Wildman–Crippen LogP) is 6.61. The van der Waals surface area contributed by atoms with Gasteiger partial charge in [-0.2, -0.15) is 5.10 Å². The molecule has 1 aromatic heterocycles. The molecule has 2 heterocycles. The molecule has 2 fully saturated rings. The third-order valence-electron chi connectivity index (χ3n) is 7.07. The zero-order chi connectivity index (χ0) is 25.9. The maximum absolute atomic E-state index is 14.0. The number of carbonyl (C=O) groups is 2. The number of rotatable bonds is 6. The van der Waals surface area contributed by atoms with Gasteiger partial charge in [0.15, 0.2) is 0 Å². The lowest BCUT2D eigenvalue weighted by Crippen LogP contribution is -2.47. The van der Waals surface area contributed by atoms with Gasteiger partial charge in [0.1, 0.15) is 9.58 Å². The molecule has 1 aromatic rings. The number of hydrogen-bond donors (Lipinski definition) is 2. The third kappa shape index (κ3) is 7.02. The van der Waals surface area contributed by atoms with Gasteiger partial charge < -0.3 is 10.0 Å². The van der Waals surface area contributed by atoms with Crippen molar-refractivity contribution in [3.63, 3.8) is 0 Å². The number of amides is 1. The van der Waals surface area contributed by atoms with Crippen LogP contribution in [0.3, 0.4) is 0 Å². The van der Waals surface area contributed by atoms with E-state index >= 15 is 0 Å². The molecule has 0 radical (unpaired) electrons. The topological polar surface area (TPSA) is 82.0 Å². The van der Waals surface area contributed by atoms with E-state index < -0.39 is 5.97 Å². The minimum absolute atomic E-state index is 0.0188. The molecule has 0 bridgehead atoms. The number of hydrazone groups is 1. The lowest BCUT2D eigenvalue weighted by atomic mass is 9.81. The first-order chi connectivity index (χ1) is 17.1. The van der Waals surface area contributed by atoms with Crippen molar-refractivity contribution >= 4 is 58.0 Å². The van der Waals surface area contributed by atoms with Crippen molar-refractivity contribution in [1.82, 2.24) is 5.43 Å². The highest BCUT2D eigenvalue weighted by Gasteiger charge is 2.38. The summed E-state index contributed by atoms with van der Waals surface area (Å²) in [4.78, 5) is 29.2. The Morgan fingerprint density at radius 3 is 2.42 bits per heavy atom. The van der Waals surface area contributed by atoms with Crippen LogP contribution in [0.25, 0.3) is 0 Å². The Balaban J connectivity index is 1.60. The molecule has 4 rings (SSSR count). The van der Waals surface area contributed by atoms with Crippen LogP contribution in [0.2, 0.25) is 0 Å². The normalized spacial score (nSPS) is 28.2. The fourth-order valence-electron chi connectivity index (χ4n) is 5.11. The highest BCUT2D eigenvalue weighted by molar-refractivity contribution is 8.24. The monoisotopic (exact) mass is 547 g/mol. The minimum Gasteiger partial charge on any atom is -0.477 e. The second kappa shape index (κ2) is 11.8. The Hall–Kier alpha value is -1.63. The summed E-state index contributed by atoms with van der Waals surface area (Å²) in [7, 11) is 0. The number of carboxylic acids is 1. The number of thiophene rings is 1. The molecule has 0 spiro atoms. The molecule has 2 saturated carbocycles. The van der Waals surface area contributed by atoms with E-state index in [9.17, 15) is 14.7 Å². The summed E-state index contributed by atoms with van der Waals surface area (Å²) in [6.45, 7) is 8.36. The Morgan fingerprint density at radius 2 is 1.83 bits per heavy atom. The van der Waals surface area contributed by atoms with Crippen LogP contribution in [0, 0.1) is 29.1 Å². The summed E-state index contributed by atoms with van der Waals surface area (Å²) in [6, 6.07) is 1.87. The molecule has 1 amide bonds. The summed E-state index contributed by atoms with van der Waals surface area (Å²) >= 11 is 4.80. The van der Waals surface area contributed by atoms with Crippen molar-refractivity contribution in [2.24, 2.45) is 22.4 Å². The fourth-order valence-corrected chi connectivity index (χ4v) is 8.20. The minimum atomic E-state index is -0.984. The van der Waals surface area contributed by atoms with Crippen LogP contribution >= 0.6 is 34.9 Å². The predicted molar refractivity (Wildman–Crippen MR) is 153 cm³/mol. The Labute approximate surface area is 227 Å². The molecular formula is C27H37N3O3S3. The Bertz CT molecular complexity index is 1030. The standard InChI is InChI=1S/C27H37N3O3S3/c1-17-5-7-18(8-6-17)24(31)30(19-9-11-20(12-10-19)36-26-29-28-16-34-26)22-15-21(13-14-27(2,3)4)35-23(22)25(32)33/h15-20,26,29H,5-12H2,1-4H3,(H,32,33). The van der Waals surface area contributed by atoms with Crippen molar-refractivity contribution in [2.75, 3.05) is 4.90 Å². The molecule has 9 heteroatoms. The number of anilines is 1. The van der Waals surface area contributed by atoms with Gasteiger partial charge in [-0.1, -0.05) is 30.5 Å². The first-order valence-electron chi connectivity index (χ1n) is 12.9. The molecule has 1 atom stereocenters. The first kappa shape index (κ1) is 27.4. The summed E-state index contributed by atoms with van der Waals surface area (Å²) in [5.74, 6) is 6.13. The molecule has 3 aliphatic rings. The second-order valence-corrected chi connectivity index (χ2v) is 14.9. The number of nitrogens with one attached hydrogen (secondary N) is 1. The number of hydrogen-bond acceptors (Lipinski definition) is 7. The van der Waals surface area contributed by atoms with E-state index in [2.05, 4.69) is 29.3 Å². The first-order valence-corrected chi connectivity index (χ1v) is 15.6. The summed E-state index contributed by atoms with van der Waals surface area (Å²) in [6.07, 6.45) is 7.64. The van der Waals surface area contributed by atoms with Gasteiger partial charge in [0.25, 0.3) is 0 Å². The zero-order valence-electron chi connectivity index (χ0n) is 21.6. The van der Waals surface area contributed by atoms with Crippen molar-refractivity contribution in [3.8, 4) is 11.8 Å². The molecule has 0 aromatic carbocycles. The van der Waals surface area contributed by atoms with Gasteiger partial charge in [-0.05, 0) is 84.1 Å². The van der Waals surface area contributed by atoms with Gasteiger partial charge in [-0.15, -0.1) is 23.1 Å². The SMILES string of the molecule is CC1CCC(C(=O)N(c2cc(C#CC(C)(C)C)sc2C(=O)O)C2CCC(SC3NN=CS3)CC2)CC1. The van der Waals surface area contributed by atoms with Gasteiger partial charge >= 0.3 is 5.97 Å². The quantitative estimate of drug-likeness (QED) is 0.390. The molecule has 1 aliphatic heterocycles. The van der Waals surface area contributed by atoms with E-state index in [1.165, 1.54) is 11.3 Å². The maximum Gasteiger partial charge on any atom is 0.348 e. The summed E-state index contributed by atoms with van der Waals surface area (Å²) in [5.41, 5.74) is 5.34. The number of carboxylic acid groups (broad SMARTS) is 1. The molecule has 0 saturated heterocycles. The number of nitrogens with zero attached hydrogens (tertiary/aromatic N) is 2. The van der Waals surface area contributed by atoms with E-state index in [-0.39, 0.29) is 32.9 Å². The lowest BCUT2D eigenvalue weighted by molar-refractivity contribution is -0.124. The zero-order valence-corrected chi connectivity index (χ0v) is 24.0. The van der Waals surface area contributed by atoms with E-state index in [0.717, 1.165) is 51.4 Å². The Morgan fingerprint density at radius 1 is 1.14 bits per heavy atom. The van der Waals surface area contributed by atoms with Gasteiger partial charge in [-0.3, -0.25) is 10.2 Å². The smallest absolute Gasteiger partial charge is 0.348 e. The Kier molecular flexibility index (Phi) is 9.00. The highest BCUT2D eigenvalue weighted by atomic mass is 32.2. The van der Waals surface area contributed by atoms with Gasteiger partial charge in [0.05, 0.1) is 16.1 Å². The van der Waals surface area contributed by atoms with Gasteiger partial charge in [0, 0.05) is 22.6 Å². The van der Waals surface area contributed by atoms with Crippen molar-refractivity contribution in [2.45, 2.75) is 95.1 Å². The van der Waals surface area contributed by atoms with Crippen LogP contribution in [0.15, 0.2) is 11.2 Å². The van der Waals surface area contributed by atoms with E-state index in [1.54, 1.807) is 11.8 Å². The van der Waals surface area contributed by atoms with E-state index in [0.29, 0.717) is 21.7 Å². The molecule has 2 aliphatic carbocycles. The van der Waals surface area contributed by atoms with Crippen molar-refractivity contribution in [1.29, 1.82) is 0 Å². The fraction of sp³-hybridized carbons (Fsp3) is 0.667. The molecule has 36 heavy (non-hydrogen) atoms. The molecule has 196 valence electrons. The lowest BCUT2D eigenvalue weighted by Gasteiger charge is -2.39. The molecular weight excluding hydrogens is 511 g/mol. The van der Waals surface area contributed by atoms with Crippen molar-refractivity contribution in [3.05, 3.63) is 15.8 Å². The molecule has 2 N–H and O–H groups in total. The number of thioether (sulfide) groups is 2. The van der Waals surface area contributed by atoms with Gasteiger partial charge in [0.2, 0.25) is 5.91 Å². The largest absolute Gasteiger partial charge is 0.477 e. The second-order valence-electron chi connectivity index (χ2n) is 11.2. The third-order valence-corrected chi connectivity index (χ3v) is 10.6. The highest BCUT2D eigenvalue weighted by Crippen LogP contribution is 2.41. The van der Waals surface area contributed by atoms with Crippen LogP contribution in [0.1, 0.15) is 93.6 Å². The summed E-state index contributed by atoms with van der Waals surface area (Å²) in [5, 5.41) is 14.7. The van der Waals surface area contributed by atoms with Gasteiger partial charge in [-0.25, -0.2) is 4.79 Å². The van der Waals surface area contributed by atoms with Crippen LogP contribution in [0.5, 0.6) is 0 Å². The van der Waals surface area contributed by atoms with Crippen molar-refractivity contribution < 1.29 is 14.7 Å². The van der Waals surface area contributed by atoms with E-state index in [1.807, 2.05) is 49.0 Å². The van der Waals surface area contributed by atoms with Crippen LogP contribution < -0.4 is 10.3 Å². The number of aromatic carboxylic acids is 1. The van der Waals surface area contributed by atoms with E-state index in [4.69, 9.17) is 0 Å². The van der Waals surface area contributed by atoms with Crippen LogP contribution in [-0.4, -0.2) is 38.5 Å². The summed E-state index contributed by atoms with van der Waals surface area (Å²) < 4.78 is 0.257. The molecule has 1 unspecified atom stereocenters. The number of carbonyl (C=O) groups excluding carboxylic acids is 1. The average Bonchev–Trinajstić information content (AvgIpc) is 3.49.